The van der Waals surface area contributed by atoms with Crippen LogP contribution >= 0.6 is 11.3 Å². The first-order valence-electron chi connectivity index (χ1n) is 5.61. The maximum atomic E-state index is 11.7. The minimum absolute atomic E-state index is 0.415. The van der Waals surface area contributed by atoms with Crippen molar-refractivity contribution in [3.63, 3.8) is 0 Å². The predicted molar refractivity (Wildman–Crippen MR) is 72.2 cm³/mol. The van der Waals surface area contributed by atoms with Crippen LogP contribution in [0, 0.1) is 6.92 Å². The Labute approximate surface area is 109 Å². The van der Waals surface area contributed by atoms with Gasteiger partial charge in [0.1, 0.15) is 0 Å². The van der Waals surface area contributed by atoms with E-state index in [1.54, 1.807) is 24.5 Å². The molecular weight excluding hydrogens is 246 g/mol. The number of nitrogens with zero attached hydrogens (tertiary/aromatic N) is 1. The zero-order chi connectivity index (χ0) is 12.9. The van der Waals surface area contributed by atoms with Gasteiger partial charge in [-0.1, -0.05) is 6.07 Å². The van der Waals surface area contributed by atoms with E-state index in [0.717, 1.165) is 10.4 Å². The Morgan fingerprint density at radius 1 is 1.11 bits per heavy atom. The molecular formula is C14H11NO2S. The molecule has 2 aromatic rings. The second-order valence-corrected chi connectivity index (χ2v) is 5.62. The summed E-state index contributed by atoms with van der Waals surface area (Å²) in [5.41, 5.74) is 2.24. The Morgan fingerprint density at radius 2 is 1.89 bits per heavy atom. The van der Waals surface area contributed by atoms with E-state index in [1.165, 1.54) is 9.78 Å². The highest BCUT2D eigenvalue weighted by Gasteiger charge is 2.33. The van der Waals surface area contributed by atoms with E-state index in [0.29, 0.717) is 11.3 Å². The second kappa shape index (κ2) is 3.78. The third kappa shape index (κ3) is 1.49. The van der Waals surface area contributed by atoms with E-state index in [9.17, 15) is 9.59 Å². The monoisotopic (exact) mass is 257 g/mol. The molecule has 2 heterocycles. The van der Waals surface area contributed by atoms with E-state index in [4.69, 9.17) is 0 Å². The molecule has 0 atom stereocenters. The van der Waals surface area contributed by atoms with Gasteiger partial charge in [0.2, 0.25) is 0 Å². The van der Waals surface area contributed by atoms with Gasteiger partial charge in [0.25, 0.3) is 11.7 Å². The van der Waals surface area contributed by atoms with Gasteiger partial charge in [-0.3, -0.25) is 9.59 Å². The van der Waals surface area contributed by atoms with Crippen molar-refractivity contribution in [2.75, 3.05) is 11.9 Å². The van der Waals surface area contributed by atoms with Crippen LogP contribution in [0.25, 0.3) is 10.4 Å². The van der Waals surface area contributed by atoms with E-state index < -0.39 is 11.7 Å². The minimum atomic E-state index is -0.454. The summed E-state index contributed by atoms with van der Waals surface area (Å²) in [5.74, 6) is -0.870. The molecule has 1 aromatic heterocycles. The third-order valence-corrected chi connectivity index (χ3v) is 4.18. The van der Waals surface area contributed by atoms with Gasteiger partial charge in [-0.25, -0.2) is 0 Å². The number of anilines is 1. The van der Waals surface area contributed by atoms with Gasteiger partial charge in [-0.2, -0.15) is 0 Å². The number of hydrogen-bond acceptors (Lipinski definition) is 3. The summed E-state index contributed by atoms with van der Waals surface area (Å²) >= 11 is 1.70. The highest BCUT2D eigenvalue weighted by atomic mass is 32.1. The summed E-state index contributed by atoms with van der Waals surface area (Å²) in [5, 5.41) is 0. The van der Waals surface area contributed by atoms with Crippen molar-refractivity contribution in [3.8, 4) is 10.4 Å². The van der Waals surface area contributed by atoms with Gasteiger partial charge in [-0.15, -0.1) is 11.3 Å². The summed E-state index contributed by atoms with van der Waals surface area (Å²) in [4.78, 5) is 27.1. The van der Waals surface area contributed by atoms with Gasteiger partial charge < -0.3 is 4.90 Å². The molecule has 1 aliphatic rings. The summed E-state index contributed by atoms with van der Waals surface area (Å²) < 4.78 is 0. The Hall–Kier alpha value is -1.94. The van der Waals surface area contributed by atoms with Crippen LogP contribution in [-0.2, 0) is 4.79 Å². The molecule has 0 bridgehead atoms. The lowest BCUT2D eigenvalue weighted by molar-refractivity contribution is -0.114. The smallest absolute Gasteiger partial charge is 0.299 e. The standard InChI is InChI=1S/C14H11NO2S/c1-8-3-6-12(18-8)9-4-5-10-11(7-9)15(2)14(17)13(10)16/h3-7H,1-2H3. The normalized spacial score (nSPS) is 14.2. The Kier molecular flexibility index (Phi) is 2.35. The first-order chi connectivity index (χ1) is 8.58. The molecule has 0 spiro atoms. The van der Waals surface area contributed by atoms with Crippen molar-refractivity contribution < 1.29 is 9.59 Å². The number of amides is 1. The Balaban J connectivity index is 2.13. The predicted octanol–water partition coefficient (Wildman–Crippen LogP) is 2.88. The number of Topliss-reactive ketones (excluding diaryl/α,β-unsaturated/α-hetero) is 1. The zero-order valence-corrected chi connectivity index (χ0v) is 10.9. The molecule has 90 valence electrons. The average molecular weight is 257 g/mol. The summed E-state index contributed by atoms with van der Waals surface area (Å²) in [7, 11) is 1.63. The molecule has 0 N–H and O–H groups in total. The van der Waals surface area contributed by atoms with Crippen LogP contribution in [0.5, 0.6) is 0 Å². The van der Waals surface area contributed by atoms with Crippen LogP contribution in [0.3, 0.4) is 0 Å². The number of rotatable bonds is 1. The largest absolute Gasteiger partial charge is 0.308 e. The minimum Gasteiger partial charge on any atom is -0.308 e. The van der Waals surface area contributed by atoms with Crippen molar-refractivity contribution in [2.24, 2.45) is 0 Å². The number of benzene rings is 1. The van der Waals surface area contributed by atoms with Crippen LogP contribution < -0.4 is 4.90 Å². The Bertz CT molecular complexity index is 672. The van der Waals surface area contributed by atoms with Gasteiger partial charge in [0.15, 0.2) is 0 Å². The number of carbonyl (C=O) groups excluding carboxylic acids is 2. The lowest BCUT2D eigenvalue weighted by Gasteiger charge is -2.09. The third-order valence-electron chi connectivity index (χ3n) is 3.13. The van der Waals surface area contributed by atoms with Crippen molar-refractivity contribution in [2.45, 2.75) is 6.92 Å². The Morgan fingerprint density at radius 3 is 2.56 bits per heavy atom. The zero-order valence-electron chi connectivity index (χ0n) is 10.1. The lowest BCUT2D eigenvalue weighted by atomic mass is 10.1. The van der Waals surface area contributed by atoms with Crippen LogP contribution in [0.15, 0.2) is 30.3 Å². The van der Waals surface area contributed by atoms with Crippen molar-refractivity contribution in [3.05, 3.63) is 40.8 Å². The van der Waals surface area contributed by atoms with Crippen molar-refractivity contribution in [1.82, 2.24) is 0 Å². The van der Waals surface area contributed by atoms with Crippen molar-refractivity contribution >= 4 is 28.7 Å². The molecule has 0 saturated carbocycles. The molecule has 0 unspecified atom stereocenters. The fourth-order valence-electron chi connectivity index (χ4n) is 2.12. The molecule has 1 aromatic carbocycles. The molecule has 0 saturated heterocycles. The SMILES string of the molecule is Cc1ccc(-c2ccc3c(c2)N(C)C(=O)C3=O)s1. The van der Waals surface area contributed by atoms with E-state index in [2.05, 4.69) is 19.1 Å². The van der Waals surface area contributed by atoms with Crippen LogP contribution in [0.2, 0.25) is 0 Å². The molecule has 18 heavy (non-hydrogen) atoms. The number of thiophene rings is 1. The first-order valence-corrected chi connectivity index (χ1v) is 6.43. The number of hydrogen-bond donors (Lipinski definition) is 0. The highest BCUT2D eigenvalue weighted by molar-refractivity contribution is 7.15. The number of aryl methyl sites for hydroxylation is 1. The molecule has 3 nitrogen and oxygen atoms in total. The maximum Gasteiger partial charge on any atom is 0.299 e. The molecule has 1 amide bonds. The average Bonchev–Trinajstić information content (AvgIpc) is 2.89. The fraction of sp³-hybridized carbons (Fsp3) is 0.143. The van der Waals surface area contributed by atoms with E-state index in [-0.39, 0.29) is 0 Å². The van der Waals surface area contributed by atoms with Gasteiger partial charge in [0.05, 0.1) is 11.3 Å². The van der Waals surface area contributed by atoms with Crippen LogP contribution in [0.4, 0.5) is 5.69 Å². The fourth-order valence-corrected chi connectivity index (χ4v) is 2.98. The quantitative estimate of drug-likeness (QED) is 0.737. The molecule has 0 fully saturated rings. The summed E-state index contributed by atoms with van der Waals surface area (Å²) in [6.45, 7) is 2.06. The molecule has 1 aliphatic heterocycles. The number of likely N-dealkylation sites (N-methyl/N-ethyl adjacent to an activating group) is 1. The van der Waals surface area contributed by atoms with E-state index >= 15 is 0 Å². The summed E-state index contributed by atoms with van der Waals surface area (Å²) in [6, 6.07) is 9.66. The summed E-state index contributed by atoms with van der Waals surface area (Å²) in [6.07, 6.45) is 0. The van der Waals surface area contributed by atoms with Crippen LogP contribution in [0.1, 0.15) is 15.2 Å². The number of carbonyl (C=O) groups is 2. The molecule has 0 aliphatic carbocycles. The topological polar surface area (TPSA) is 37.4 Å². The number of ketones is 1. The first kappa shape index (κ1) is 11.2. The molecule has 3 rings (SSSR count). The molecule has 0 radical (unpaired) electrons. The molecule has 4 heteroatoms. The van der Waals surface area contributed by atoms with Crippen molar-refractivity contribution in [1.29, 1.82) is 0 Å². The van der Waals surface area contributed by atoms with E-state index in [1.807, 2.05) is 12.1 Å². The maximum absolute atomic E-state index is 11.7. The highest BCUT2D eigenvalue weighted by Crippen LogP contribution is 2.35. The number of fused-ring (bicyclic) bond motifs is 1. The van der Waals surface area contributed by atoms with Gasteiger partial charge in [0, 0.05) is 16.8 Å². The lowest BCUT2D eigenvalue weighted by Crippen LogP contribution is -2.24. The second-order valence-electron chi connectivity index (χ2n) is 4.34. The van der Waals surface area contributed by atoms with Gasteiger partial charge in [-0.05, 0) is 36.8 Å². The van der Waals surface area contributed by atoms with Crippen LogP contribution in [-0.4, -0.2) is 18.7 Å². The van der Waals surface area contributed by atoms with Gasteiger partial charge >= 0.3 is 0 Å².